The molecule has 0 aromatic carbocycles. The van der Waals surface area contributed by atoms with Crippen LogP contribution in [0.4, 0.5) is 0 Å². The fourth-order valence-corrected chi connectivity index (χ4v) is 2.21. The van der Waals surface area contributed by atoms with E-state index in [0.29, 0.717) is 17.4 Å². The Hall–Kier alpha value is -2.51. The summed E-state index contributed by atoms with van der Waals surface area (Å²) in [5.74, 6) is 0.0252. The number of esters is 1. The number of aryl methyl sites for hydroxylation is 2. The number of carbonyl (C=O) groups is 2. The van der Waals surface area contributed by atoms with Crippen molar-refractivity contribution in [1.29, 1.82) is 0 Å². The third-order valence-corrected chi connectivity index (χ3v) is 4.06. The molecule has 24 heavy (non-hydrogen) atoms. The van der Waals surface area contributed by atoms with Gasteiger partial charge in [-0.25, -0.2) is 9.50 Å². The monoisotopic (exact) mass is 333 g/mol. The van der Waals surface area contributed by atoms with E-state index in [2.05, 4.69) is 20.4 Å². The largest absolute Gasteiger partial charge is 0.455 e. The SMILES string of the molecule is Cc1nc2ncnn2c(C)c1CC(=O)OCC(=O)N[C@H](C)C(C)C. The van der Waals surface area contributed by atoms with Crippen molar-refractivity contribution >= 4 is 17.7 Å². The van der Waals surface area contributed by atoms with Crippen molar-refractivity contribution in [3.05, 3.63) is 23.3 Å². The lowest BCUT2D eigenvalue weighted by atomic mass is 10.1. The number of carbonyl (C=O) groups excluding carboxylic acids is 2. The summed E-state index contributed by atoms with van der Waals surface area (Å²) in [6.07, 6.45) is 1.45. The molecule has 1 amide bonds. The van der Waals surface area contributed by atoms with Gasteiger partial charge in [-0.3, -0.25) is 9.59 Å². The average molecular weight is 333 g/mol. The second-order valence-corrected chi connectivity index (χ2v) is 6.17. The molecule has 0 aliphatic carbocycles. The van der Waals surface area contributed by atoms with Gasteiger partial charge in [-0.05, 0) is 26.7 Å². The summed E-state index contributed by atoms with van der Waals surface area (Å²) < 4.78 is 6.64. The molecule has 0 aliphatic rings. The van der Waals surface area contributed by atoms with Crippen LogP contribution in [0.15, 0.2) is 6.33 Å². The summed E-state index contributed by atoms with van der Waals surface area (Å²) in [5.41, 5.74) is 2.21. The van der Waals surface area contributed by atoms with Gasteiger partial charge in [0, 0.05) is 23.0 Å². The highest BCUT2D eigenvalue weighted by Gasteiger charge is 2.17. The first-order chi connectivity index (χ1) is 11.3. The van der Waals surface area contributed by atoms with Crippen LogP contribution in [0.5, 0.6) is 0 Å². The molecule has 130 valence electrons. The van der Waals surface area contributed by atoms with E-state index >= 15 is 0 Å². The van der Waals surface area contributed by atoms with Gasteiger partial charge in [0.25, 0.3) is 11.7 Å². The van der Waals surface area contributed by atoms with Crippen LogP contribution in [0.2, 0.25) is 0 Å². The summed E-state index contributed by atoms with van der Waals surface area (Å²) in [7, 11) is 0. The lowest BCUT2D eigenvalue weighted by Gasteiger charge is -2.17. The first-order valence-electron chi connectivity index (χ1n) is 7.90. The average Bonchev–Trinajstić information content (AvgIpc) is 2.97. The van der Waals surface area contributed by atoms with Crippen molar-refractivity contribution in [2.24, 2.45) is 5.92 Å². The fourth-order valence-electron chi connectivity index (χ4n) is 2.21. The topological polar surface area (TPSA) is 98.5 Å². The maximum Gasteiger partial charge on any atom is 0.310 e. The molecule has 2 aromatic rings. The Labute approximate surface area is 140 Å². The van der Waals surface area contributed by atoms with E-state index < -0.39 is 5.97 Å². The summed E-state index contributed by atoms with van der Waals surface area (Å²) in [5, 5.41) is 6.87. The van der Waals surface area contributed by atoms with Gasteiger partial charge < -0.3 is 10.1 Å². The molecule has 0 bridgehead atoms. The molecule has 2 aromatic heterocycles. The molecule has 0 saturated carbocycles. The van der Waals surface area contributed by atoms with Gasteiger partial charge >= 0.3 is 5.97 Å². The molecule has 0 fully saturated rings. The van der Waals surface area contributed by atoms with Crippen LogP contribution in [-0.4, -0.2) is 44.1 Å². The van der Waals surface area contributed by atoms with Gasteiger partial charge in [0.15, 0.2) is 6.61 Å². The van der Waals surface area contributed by atoms with Crippen LogP contribution in [0.1, 0.15) is 37.7 Å². The van der Waals surface area contributed by atoms with Gasteiger partial charge in [0.1, 0.15) is 6.33 Å². The van der Waals surface area contributed by atoms with Crippen LogP contribution in [-0.2, 0) is 20.7 Å². The van der Waals surface area contributed by atoms with E-state index in [1.54, 1.807) is 11.4 Å². The molecule has 0 spiro atoms. The molecule has 1 N–H and O–H groups in total. The molecule has 0 aliphatic heterocycles. The smallest absolute Gasteiger partial charge is 0.310 e. The van der Waals surface area contributed by atoms with Crippen molar-refractivity contribution < 1.29 is 14.3 Å². The van der Waals surface area contributed by atoms with E-state index in [-0.39, 0.29) is 25.0 Å². The molecule has 1 atom stereocenters. The summed E-state index contributed by atoms with van der Waals surface area (Å²) in [6.45, 7) is 9.30. The van der Waals surface area contributed by atoms with Gasteiger partial charge in [-0.1, -0.05) is 13.8 Å². The molecule has 0 unspecified atom stereocenters. The molecule has 0 radical (unpaired) electrons. The number of hydrogen-bond acceptors (Lipinski definition) is 6. The van der Waals surface area contributed by atoms with Gasteiger partial charge in [0.2, 0.25) is 0 Å². The minimum atomic E-state index is -0.477. The zero-order chi connectivity index (χ0) is 17.9. The summed E-state index contributed by atoms with van der Waals surface area (Å²) in [6, 6.07) is 0.0274. The molecule has 2 rings (SSSR count). The van der Waals surface area contributed by atoms with Crippen molar-refractivity contribution in [3.63, 3.8) is 0 Å². The first kappa shape index (κ1) is 17.8. The Morgan fingerprint density at radius 3 is 2.67 bits per heavy atom. The second-order valence-electron chi connectivity index (χ2n) is 6.17. The number of ether oxygens (including phenoxy) is 1. The lowest BCUT2D eigenvalue weighted by molar-refractivity contribution is -0.148. The number of fused-ring (bicyclic) bond motifs is 1. The quantitative estimate of drug-likeness (QED) is 0.792. The number of nitrogens with one attached hydrogen (secondary N) is 1. The van der Waals surface area contributed by atoms with E-state index in [1.807, 2.05) is 27.7 Å². The summed E-state index contributed by atoms with van der Waals surface area (Å²) >= 11 is 0. The predicted octanol–water partition coefficient (Wildman–Crippen LogP) is 0.988. The second kappa shape index (κ2) is 7.37. The minimum absolute atomic E-state index is 0.0274. The Kier molecular flexibility index (Phi) is 5.48. The molecule has 8 heteroatoms. The molecule has 2 heterocycles. The number of rotatable bonds is 6. The first-order valence-corrected chi connectivity index (χ1v) is 7.90. The normalized spacial score (nSPS) is 12.4. The lowest BCUT2D eigenvalue weighted by Crippen LogP contribution is -2.38. The zero-order valence-electron chi connectivity index (χ0n) is 14.7. The van der Waals surface area contributed by atoms with Crippen molar-refractivity contribution in [2.75, 3.05) is 6.61 Å². The highest BCUT2D eigenvalue weighted by molar-refractivity contribution is 5.81. The number of aromatic nitrogens is 4. The van der Waals surface area contributed by atoms with Crippen molar-refractivity contribution in [3.8, 4) is 0 Å². The Morgan fingerprint density at radius 1 is 1.29 bits per heavy atom. The van der Waals surface area contributed by atoms with Crippen LogP contribution in [0.25, 0.3) is 5.78 Å². The van der Waals surface area contributed by atoms with Crippen LogP contribution in [0.3, 0.4) is 0 Å². The maximum absolute atomic E-state index is 12.0. The van der Waals surface area contributed by atoms with Gasteiger partial charge in [-0.2, -0.15) is 10.1 Å². The molecule has 0 saturated heterocycles. The standard InChI is InChI=1S/C16H23N5O3/c1-9(2)10(3)19-14(22)7-24-15(23)6-13-11(4)20-16-17-8-18-21(16)12(13)5/h8-10H,6-7H2,1-5H3,(H,19,22)/t10-/m1/s1. The third-order valence-electron chi connectivity index (χ3n) is 4.06. The third kappa shape index (κ3) is 4.06. The van der Waals surface area contributed by atoms with E-state index in [1.165, 1.54) is 6.33 Å². The Morgan fingerprint density at radius 2 is 2.00 bits per heavy atom. The molecular formula is C16H23N5O3. The fraction of sp³-hybridized carbons (Fsp3) is 0.562. The highest BCUT2D eigenvalue weighted by Crippen LogP contribution is 2.14. The number of hydrogen-bond donors (Lipinski definition) is 1. The van der Waals surface area contributed by atoms with E-state index in [4.69, 9.17) is 4.74 Å². The minimum Gasteiger partial charge on any atom is -0.455 e. The van der Waals surface area contributed by atoms with Crippen molar-refractivity contribution in [2.45, 2.75) is 47.1 Å². The predicted molar refractivity (Wildman–Crippen MR) is 87.4 cm³/mol. The number of amides is 1. The Bertz CT molecular complexity index is 753. The van der Waals surface area contributed by atoms with E-state index in [9.17, 15) is 9.59 Å². The Balaban J connectivity index is 1.97. The summed E-state index contributed by atoms with van der Waals surface area (Å²) in [4.78, 5) is 32.1. The van der Waals surface area contributed by atoms with Gasteiger partial charge in [-0.15, -0.1) is 0 Å². The number of nitrogens with zero attached hydrogens (tertiary/aromatic N) is 4. The van der Waals surface area contributed by atoms with Gasteiger partial charge in [0.05, 0.1) is 6.42 Å². The van der Waals surface area contributed by atoms with Crippen LogP contribution in [0, 0.1) is 19.8 Å². The van der Waals surface area contributed by atoms with E-state index in [0.717, 1.165) is 11.3 Å². The van der Waals surface area contributed by atoms with Crippen LogP contribution < -0.4 is 5.32 Å². The molecular weight excluding hydrogens is 310 g/mol. The molecule has 8 nitrogen and oxygen atoms in total. The zero-order valence-corrected chi connectivity index (χ0v) is 14.7. The van der Waals surface area contributed by atoms with Crippen LogP contribution >= 0.6 is 0 Å². The highest BCUT2D eigenvalue weighted by atomic mass is 16.5. The van der Waals surface area contributed by atoms with Crippen molar-refractivity contribution in [1.82, 2.24) is 24.9 Å². The maximum atomic E-state index is 12.0.